The molecule has 80 valence electrons. The molecule has 2 nitrogen and oxygen atoms in total. The molecule has 6 heteroatoms. The van der Waals surface area contributed by atoms with Crippen LogP contribution < -0.4 is 4.74 Å². The molecule has 0 aromatic heterocycles. The number of nitriles is 1. The van der Waals surface area contributed by atoms with Crippen molar-refractivity contribution in [2.24, 2.45) is 0 Å². The summed E-state index contributed by atoms with van der Waals surface area (Å²) in [6.07, 6.45) is -4.41. The fourth-order valence-electron chi connectivity index (χ4n) is 0.898. The van der Waals surface area contributed by atoms with E-state index in [1.165, 1.54) is 12.1 Å². The van der Waals surface area contributed by atoms with Gasteiger partial charge in [0.15, 0.2) is 12.4 Å². The highest BCUT2D eigenvalue weighted by molar-refractivity contribution is 9.10. The first kappa shape index (κ1) is 11.9. The molecule has 0 saturated heterocycles. The molecule has 0 bridgehead atoms. The maximum atomic E-state index is 11.9. The Morgan fingerprint density at radius 3 is 2.60 bits per heavy atom. The summed E-state index contributed by atoms with van der Waals surface area (Å²) in [6.45, 7) is -1.41. The van der Waals surface area contributed by atoms with E-state index >= 15 is 0 Å². The van der Waals surface area contributed by atoms with Crippen LogP contribution in [0.2, 0.25) is 0 Å². The molecule has 1 rings (SSSR count). The van der Waals surface area contributed by atoms with Gasteiger partial charge in [-0.25, -0.2) is 0 Å². The van der Waals surface area contributed by atoms with Gasteiger partial charge in [-0.15, -0.1) is 0 Å². The lowest BCUT2D eigenvalue weighted by Crippen LogP contribution is -2.19. The summed E-state index contributed by atoms with van der Waals surface area (Å²) in [6, 6.07) is 6.19. The van der Waals surface area contributed by atoms with Crippen molar-refractivity contribution in [1.29, 1.82) is 5.26 Å². The maximum absolute atomic E-state index is 11.9. The molecule has 1 aromatic rings. The summed E-state index contributed by atoms with van der Waals surface area (Å²) in [5.74, 6) is -0.0858. The number of hydrogen-bond donors (Lipinski definition) is 0. The van der Waals surface area contributed by atoms with Crippen LogP contribution in [0.25, 0.3) is 0 Å². The minimum atomic E-state index is -4.41. The second-order valence-electron chi connectivity index (χ2n) is 2.63. The van der Waals surface area contributed by atoms with Gasteiger partial charge in [-0.2, -0.15) is 18.4 Å². The Kier molecular flexibility index (Phi) is 3.58. The molecule has 0 unspecified atom stereocenters. The molecule has 0 aliphatic carbocycles. The number of para-hydroxylation sites is 1. The number of benzene rings is 1. The first-order chi connectivity index (χ1) is 6.94. The van der Waals surface area contributed by atoms with E-state index in [0.717, 1.165) is 0 Å². The van der Waals surface area contributed by atoms with Crippen LogP contribution >= 0.6 is 15.9 Å². The van der Waals surface area contributed by atoms with Gasteiger partial charge in [0.05, 0.1) is 10.0 Å². The van der Waals surface area contributed by atoms with E-state index in [1.54, 1.807) is 12.1 Å². The van der Waals surface area contributed by atoms with E-state index in [4.69, 9.17) is 5.26 Å². The Morgan fingerprint density at radius 2 is 2.07 bits per heavy atom. The molecule has 0 heterocycles. The highest BCUT2D eigenvalue weighted by atomic mass is 79.9. The number of nitrogens with zero attached hydrogens (tertiary/aromatic N) is 1. The molecule has 0 N–H and O–H groups in total. The Bertz CT molecular complexity index is 397. The minimum Gasteiger partial charge on any atom is -0.482 e. The van der Waals surface area contributed by atoms with Crippen molar-refractivity contribution < 1.29 is 17.9 Å². The normalized spacial score (nSPS) is 10.9. The van der Waals surface area contributed by atoms with Gasteiger partial charge >= 0.3 is 6.18 Å². The number of ether oxygens (including phenoxy) is 1. The Labute approximate surface area is 92.4 Å². The van der Waals surface area contributed by atoms with Crippen molar-refractivity contribution in [3.63, 3.8) is 0 Å². The van der Waals surface area contributed by atoms with Gasteiger partial charge in [-0.05, 0) is 28.1 Å². The molecule has 0 atom stereocenters. The van der Waals surface area contributed by atoms with E-state index in [-0.39, 0.29) is 11.3 Å². The van der Waals surface area contributed by atoms with Crippen molar-refractivity contribution in [3.8, 4) is 11.8 Å². The average Bonchev–Trinajstić information content (AvgIpc) is 2.14. The van der Waals surface area contributed by atoms with E-state index in [2.05, 4.69) is 20.7 Å². The molecule has 0 saturated carbocycles. The molecular weight excluding hydrogens is 275 g/mol. The third kappa shape index (κ3) is 3.44. The summed E-state index contributed by atoms with van der Waals surface area (Å²) in [5.41, 5.74) is 0.0635. The molecular formula is C9H5BrF3NO. The largest absolute Gasteiger partial charge is 0.482 e. The molecule has 0 aliphatic rings. The summed E-state index contributed by atoms with van der Waals surface area (Å²) in [5, 5.41) is 8.64. The van der Waals surface area contributed by atoms with E-state index in [1.807, 2.05) is 0 Å². The van der Waals surface area contributed by atoms with Gasteiger partial charge in [0, 0.05) is 0 Å². The van der Waals surface area contributed by atoms with Gasteiger partial charge in [-0.1, -0.05) is 6.07 Å². The number of halogens is 4. The zero-order valence-corrected chi connectivity index (χ0v) is 8.89. The molecule has 0 amide bonds. The zero-order valence-electron chi connectivity index (χ0n) is 7.31. The summed E-state index contributed by atoms with van der Waals surface area (Å²) < 4.78 is 40.5. The highest BCUT2D eigenvalue weighted by Gasteiger charge is 2.29. The van der Waals surface area contributed by atoms with Crippen molar-refractivity contribution in [3.05, 3.63) is 28.2 Å². The van der Waals surface area contributed by atoms with Crippen molar-refractivity contribution in [2.75, 3.05) is 6.61 Å². The van der Waals surface area contributed by atoms with E-state index in [0.29, 0.717) is 4.47 Å². The molecule has 0 spiro atoms. The topological polar surface area (TPSA) is 33.0 Å². The predicted octanol–water partition coefficient (Wildman–Crippen LogP) is 3.26. The number of hydrogen-bond acceptors (Lipinski definition) is 2. The van der Waals surface area contributed by atoms with Crippen LogP contribution in [-0.4, -0.2) is 12.8 Å². The lowest BCUT2D eigenvalue weighted by atomic mass is 10.2. The quantitative estimate of drug-likeness (QED) is 0.833. The third-order valence-electron chi connectivity index (χ3n) is 1.47. The SMILES string of the molecule is N#Cc1cccc(Br)c1OCC(F)(F)F. The third-order valence-corrected chi connectivity index (χ3v) is 2.09. The predicted molar refractivity (Wildman–Crippen MR) is 50.4 cm³/mol. The monoisotopic (exact) mass is 279 g/mol. The van der Waals surface area contributed by atoms with Crippen LogP contribution in [-0.2, 0) is 0 Å². The van der Waals surface area contributed by atoms with Gasteiger partial charge < -0.3 is 4.74 Å². The fraction of sp³-hybridized carbons (Fsp3) is 0.222. The lowest BCUT2D eigenvalue weighted by molar-refractivity contribution is -0.153. The van der Waals surface area contributed by atoms with Gasteiger partial charge in [-0.3, -0.25) is 0 Å². The van der Waals surface area contributed by atoms with E-state index < -0.39 is 12.8 Å². The highest BCUT2D eigenvalue weighted by Crippen LogP contribution is 2.30. The van der Waals surface area contributed by atoms with Crippen LogP contribution in [0.4, 0.5) is 13.2 Å². The molecule has 15 heavy (non-hydrogen) atoms. The van der Waals surface area contributed by atoms with Crippen LogP contribution in [0, 0.1) is 11.3 Å². The van der Waals surface area contributed by atoms with Gasteiger partial charge in [0.2, 0.25) is 0 Å². The Hall–Kier alpha value is -1.22. The average molecular weight is 280 g/mol. The van der Waals surface area contributed by atoms with Crippen LogP contribution in [0.5, 0.6) is 5.75 Å². The first-order valence-electron chi connectivity index (χ1n) is 3.82. The van der Waals surface area contributed by atoms with Crippen molar-refractivity contribution in [2.45, 2.75) is 6.18 Å². The zero-order chi connectivity index (χ0) is 11.5. The smallest absolute Gasteiger partial charge is 0.422 e. The summed E-state index contributed by atoms with van der Waals surface area (Å²) in [4.78, 5) is 0. The molecule has 1 aromatic carbocycles. The van der Waals surface area contributed by atoms with Crippen LogP contribution in [0.1, 0.15) is 5.56 Å². The number of rotatable bonds is 2. The molecule has 0 aliphatic heterocycles. The second kappa shape index (κ2) is 4.53. The van der Waals surface area contributed by atoms with Gasteiger partial charge in [0.1, 0.15) is 6.07 Å². The molecule has 0 radical (unpaired) electrons. The standard InChI is InChI=1S/C9H5BrF3NO/c10-7-3-1-2-6(4-14)8(7)15-5-9(11,12)13/h1-3H,5H2. The van der Waals surface area contributed by atoms with Crippen molar-refractivity contribution >= 4 is 15.9 Å². The molecule has 0 fully saturated rings. The first-order valence-corrected chi connectivity index (χ1v) is 4.61. The van der Waals surface area contributed by atoms with E-state index in [9.17, 15) is 13.2 Å². The van der Waals surface area contributed by atoms with Crippen molar-refractivity contribution in [1.82, 2.24) is 0 Å². The maximum Gasteiger partial charge on any atom is 0.422 e. The lowest BCUT2D eigenvalue weighted by Gasteiger charge is -2.11. The summed E-state index contributed by atoms with van der Waals surface area (Å²) in [7, 11) is 0. The van der Waals surface area contributed by atoms with Crippen LogP contribution in [0.3, 0.4) is 0 Å². The van der Waals surface area contributed by atoms with Gasteiger partial charge in [0.25, 0.3) is 0 Å². The summed E-state index contributed by atoms with van der Waals surface area (Å²) >= 11 is 3.01. The second-order valence-corrected chi connectivity index (χ2v) is 3.49. The Balaban J connectivity index is 2.90. The van der Waals surface area contributed by atoms with Crippen LogP contribution in [0.15, 0.2) is 22.7 Å². The fourth-order valence-corrected chi connectivity index (χ4v) is 1.38. The minimum absolute atomic E-state index is 0.0635. The Morgan fingerprint density at radius 1 is 1.40 bits per heavy atom. The number of alkyl halides is 3.